The highest BCUT2D eigenvalue weighted by Crippen LogP contribution is 2.34. The fourth-order valence-electron chi connectivity index (χ4n) is 1.57. The van der Waals surface area contributed by atoms with Gasteiger partial charge >= 0.3 is 0 Å². The largest absolute Gasteiger partial charge is 0.507 e. The molecule has 2 aromatic carbocycles. The van der Waals surface area contributed by atoms with Crippen LogP contribution in [0.15, 0.2) is 42.5 Å². The van der Waals surface area contributed by atoms with Crippen molar-refractivity contribution in [1.82, 2.24) is 0 Å². The van der Waals surface area contributed by atoms with E-state index in [9.17, 15) is 5.11 Å². The maximum atomic E-state index is 9.92. The molecule has 0 aliphatic heterocycles. The van der Waals surface area contributed by atoms with Crippen molar-refractivity contribution in [2.75, 3.05) is 0 Å². The van der Waals surface area contributed by atoms with Gasteiger partial charge in [0.15, 0.2) is 0 Å². The fourth-order valence-corrected chi connectivity index (χ4v) is 1.85. The first kappa shape index (κ1) is 10.1. The first-order valence-corrected chi connectivity index (χ1v) is 5.11. The van der Waals surface area contributed by atoms with Gasteiger partial charge in [-0.1, -0.05) is 41.9 Å². The molecule has 15 heavy (non-hydrogen) atoms. The molecule has 1 N–H and O–H groups in total. The van der Waals surface area contributed by atoms with E-state index in [1.54, 1.807) is 12.1 Å². The Morgan fingerprint density at radius 2 is 1.73 bits per heavy atom. The third-order valence-electron chi connectivity index (χ3n) is 2.35. The van der Waals surface area contributed by atoms with Crippen LogP contribution >= 0.6 is 11.6 Å². The van der Waals surface area contributed by atoms with Gasteiger partial charge in [-0.3, -0.25) is 0 Å². The van der Waals surface area contributed by atoms with Gasteiger partial charge in [-0.2, -0.15) is 0 Å². The molecular formula is C13H11ClO. The second-order valence-corrected chi connectivity index (χ2v) is 3.92. The summed E-state index contributed by atoms with van der Waals surface area (Å²) < 4.78 is 0. The fraction of sp³-hybridized carbons (Fsp3) is 0.0769. The summed E-state index contributed by atoms with van der Waals surface area (Å²) in [7, 11) is 0. The number of aryl methyl sites for hydroxylation is 1. The first-order chi connectivity index (χ1) is 7.18. The van der Waals surface area contributed by atoms with Crippen LogP contribution in [0.3, 0.4) is 0 Å². The van der Waals surface area contributed by atoms with Crippen LogP contribution in [0.25, 0.3) is 11.1 Å². The summed E-state index contributed by atoms with van der Waals surface area (Å²) in [5.74, 6) is 0.297. The Morgan fingerprint density at radius 3 is 2.40 bits per heavy atom. The molecular weight excluding hydrogens is 208 g/mol. The Bertz CT molecular complexity index is 477. The molecule has 0 unspecified atom stereocenters. The number of hydrogen-bond acceptors (Lipinski definition) is 1. The van der Waals surface area contributed by atoms with E-state index >= 15 is 0 Å². The topological polar surface area (TPSA) is 20.2 Å². The van der Waals surface area contributed by atoms with E-state index in [0.717, 1.165) is 16.7 Å². The van der Waals surface area contributed by atoms with Gasteiger partial charge in [0.1, 0.15) is 5.75 Å². The first-order valence-electron chi connectivity index (χ1n) is 4.73. The third-order valence-corrected chi connectivity index (χ3v) is 2.57. The molecule has 0 aliphatic carbocycles. The van der Waals surface area contributed by atoms with Crippen molar-refractivity contribution < 1.29 is 5.11 Å². The number of rotatable bonds is 1. The predicted molar refractivity (Wildman–Crippen MR) is 63.3 cm³/mol. The SMILES string of the molecule is Cc1cc(Cl)cc(-c2ccccc2)c1O. The zero-order valence-corrected chi connectivity index (χ0v) is 9.12. The lowest BCUT2D eigenvalue weighted by Crippen LogP contribution is -1.82. The maximum Gasteiger partial charge on any atom is 0.126 e. The summed E-state index contributed by atoms with van der Waals surface area (Å²) in [6.07, 6.45) is 0. The molecule has 0 aromatic heterocycles. The minimum Gasteiger partial charge on any atom is -0.507 e. The van der Waals surface area contributed by atoms with E-state index in [4.69, 9.17) is 11.6 Å². The standard InChI is InChI=1S/C13H11ClO/c1-9-7-11(14)8-12(13(9)15)10-5-3-2-4-6-10/h2-8,15H,1H3. The summed E-state index contributed by atoms with van der Waals surface area (Å²) in [5, 5.41) is 10.6. The van der Waals surface area contributed by atoms with Crippen molar-refractivity contribution in [1.29, 1.82) is 0 Å². The van der Waals surface area contributed by atoms with Crippen LogP contribution < -0.4 is 0 Å². The number of aromatic hydroxyl groups is 1. The maximum absolute atomic E-state index is 9.92. The lowest BCUT2D eigenvalue weighted by molar-refractivity contribution is 0.473. The molecule has 0 saturated heterocycles. The van der Waals surface area contributed by atoms with Crippen LogP contribution in [-0.2, 0) is 0 Å². The van der Waals surface area contributed by atoms with Gasteiger partial charge < -0.3 is 5.11 Å². The summed E-state index contributed by atoms with van der Waals surface area (Å²) in [6, 6.07) is 13.2. The van der Waals surface area contributed by atoms with E-state index in [1.807, 2.05) is 37.3 Å². The molecule has 0 amide bonds. The quantitative estimate of drug-likeness (QED) is 0.767. The van der Waals surface area contributed by atoms with E-state index in [1.165, 1.54) is 0 Å². The molecule has 0 spiro atoms. The van der Waals surface area contributed by atoms with Crippen LogP contribution in [0.1, 0.15) is 5.56 Å². The Hall–Kier alpha value is -1.47. The van der Waals surface area contributed by atoms with Crippen LogP contribution in [0.5, 0.6) is 5.75 Å². The Kier molecular flexibility index (Phi) is 2.65. The molecule has 2 aromatic rings. The Labute approximate surface area is 94.0 Å². The molecule has 1 nitrogen and oxygen atoms in total. The van der Waals surface area contributed by atoms with Crippen LogP contribution in [0.4, 0.5) is 0 Å². The average Bonchev–Trinajstić information content (AvgIpc) is 2.24. The number of halogens is 1. The van der Waals surface area contributed by atoms with Crippen molar-refractivity contribution >= 4 is 11.6 Å². The molecule has 0 bridgehead atoms. The van der Waals surface area contributed by atoms with Gasteiger partial charge in [0.2, 0.25) is 0 Å². The van der Waals surface area contributed by atoms with Gasteiger partial charge in [0.05, 0.1) is 0 Å². The third kappa shape index (κ3) is 1.97. The Morgan fingerprint density at radius 1 is 1.07 bits per heavy atom. The van der Waals surface area contributed by atoms with Crippen molar-refractivity contribution in [2.45, 2.75) is 6.92 Å². The monoisotopic (exact) mass is 218 g/mol. The molecule has 0 radical (unpaired) electrons. The van der Waals surface area contributed by atoms with Gasteiger partial charge in [0.25, 0.3) is 0 Å². The zero-order chi connectivity index (χ0) is 10.8. The second-order valence-electron chi connectivity index (χ2n) is 3.48. The summed E-state index contributed by atoms with van der Waals surface area (Å²) >= 11 is 5.96. The Balaban J connectivity index is 2.63. The number of phenolic OH excluding ortho intramolecular Hbond substituents is 1. The van der Waals surface area contributed by atoms with E-state index in [0.29, 0.717) is 10.8 Å². The highest BCUT2D eigenvalue weighted by Gasteiger charge is 2.07. The van der Waals surface area contributed by atoms with Gasteiger partial charge in [-0.15, -0.1) is 0 Å². The molecule has 2 heteroatoms. The molecule has 0 atom stereocenters. The highest BCUT2D eigenvalue weighted by molar-refractivity contribution is 6.31. The van der Waals surface area contributed by atoms with Crippen molar-refractivity contribution in [2.24, 2.45) is 0 Å². The van der Waals surface area contributed by atoms with Crippen LogP contribution in [-0.4, -0.2) is 5.11 Å². The number of phenols is 1. The lowest BCUT2D eigenvalue weighted by Gasteiger charge is -2.08. The van der Waals surface area contributed by atoms with E-state index in [-0.39, 0.29) is 0 Å². The number of benzene rings is 2. The lowest BCUT2D eigenvalue weighted by atomic mass is 10.0. The minimum absolute atomic E-state index is 0.297. The van der Waals surface area contributed by atoms with Crippen molar-refractivity contribution in [3.8, 4) is 16.9 Å². The van der Waals surface area contributed by atoms with Crippen LogP contribution in [0.2, 0.25) is 5.02 Å². The molecule has 0 saturated carbocycles. The molecule has 0 aliphatic rings. The van der Waals surface area contributed by atoms with E-state index in [2.05, 4.69) is 0 Å². The smallest absolute Gasteiger partial charge is 0.126 e. The predicted octanol–water partition coefficient (Wildman–Crippen LogP) is 4.02. The van der Waals surface area contributed by atoms with Crippen molar-refractivity contribution in [3.05, 3.63) is 53.1 Å². The second kappa shape index (κ2) is 3.95. The normalized spacial score (nSPS) is 10.3. The minimum atomic E-state index is 0.297. The zero-order valence-electron chi connectivity index (χ0n) is 8.37. The average molecular weight is 219 g/mol. The molecule has 2 rings (SSSR count). The van der Waals surface area contributed by atoms with Gasteiger partial charge in [-0.05, 0) is 30.2 Å². The van der Waals surface area contributed by atoms with Gasteiger partial charge in [0, 0.05) is 10.6 Å². The summed E-state index contributed by atoms with van der Waals surface area (Å²) in [5.41, 5.74) is 2.54. The summed E-state index contributed by atoms with van der Waals surface area (Å²) in [6.45, 7) is 1.84. The summed E-state index contributed by atoms with van der Waals surface area (Å²) in [4.78, 5) is 0. The van der Waals surface area contributed by atoms with Crippen molar-refractivity contribution in [3.63, 3.8) is 0 Å². The van der Waals surface area contributed by atoms with Gasteiger partial charge in [-0.25, -0.2) is 0 Å². The highest BCUT2D eigenvalue weighted by atomic mass is 35.5. The van der Waals surface area contributed by atoms with Crippen LogP contribution in [0, 0.1) is 6.92 Å². The molecule has 0 heterocycles. The van der Waals surface area contributed by atoms with E-state index < -0.39 is 0 Å². The number of hydrogen-bond donors (Lipinski definition) is 1. The molecule has 0 fully saturated rings. The molecule has 76 valence electrons.